The predicted octanol–water partition coefficient (Wildman–Crippen LogP) is 3.67. The number of carboxylic acids is 1. The Labute approximate surface area is 143 Å². The first kappa shape index (κ1) is 16.3. The Balaban J connectivity index is 1.92. The Kier molecular flexibility index (Phi) is 4.71. The second kappa shape index (κ2) is 6.93. The minimum Gasteiger partial charge on any atom is -0.480 e. The molecule has 0 aromatic heterocycles. The lowest BCUT2D eigenvalue weighted by molar-refractivity contribution is -0.140. The van der Waals surface area contributed by atoms with Crippen molar-refractivity contribution in [3.8, 4) is 0 Å². The van der Waals surface area contributed by atoms with Gasteiger partial charge in [-0.05, 0) is 39.7 Å². The molecule has 4 nitrogen and oxygen atoms in total. The number of hydrogen-bond donors (Lipinski definition) is 2. The van der Waals surface area contributed by atoms with E-state index in [1.807, 2.05) is 30.3 Å². The summed E-state index contributed by atoms with van der Waals surface area (Å²) < 4.78 is 0. The Morgan fingerprint density at radius 3 is 2.38 bits per heavy atom. The first-order valence-corrected chi connectivity index (χ1v) is 8.57. The molecule has 3 aromatic rings. The first-order valence-electron chi connectivity index (χ1n) is 7.59. The molecule has 3 aromatic carbocycles. The molecular formula is C19H17NO3S. The second-order valence-electron chi connectivity index (χ2n) is 5.58. The van der Waals surface area contributed by atoms with Gasteiger partial charge in [-0.2, -0.15) is 0 Å². The predicted molar refractivity (Wildman–Crippen MR) is 97.4 cm³/mol. The first-order chi connectivity index (χ1) is 11.5. The van der Waals surface area contributed by atoms with Crippen molar-refractivity contribution in [3.05, 3.63) is 54.6 Å². The van der Waals surface area contributed by atoms with Crippen LogP contribution in [-0.2, 0) is 9.59 Å². The zero-order valence-electron chi connectivity index (χ0n) is 13.2. The van der Waals surface area contributed by atoms with Crippen LogP contribution in [-0.4, -0.2) is 28.8 Å². The highest BCUT2D eigenvalue weighted by Gasteiger charge is 2.19. The third-order valence-corrected chi connectivity index (χ3v) is 4.95. The number of benzene rings is 3. The van der Waals surface area contributed by atoms with Gasteiger partial charge in [0.25, 0.3) is 0 Å². The molecule has 2 N–H and O–H groups in total. The molecule has 24 heavy (non-hydrogen) atoms. The molecule has 0 radical (unpaired) electrons. The second-order valence-corrected chi connectivity index (χ2v) is 6.64. The summed E-state index contributed by atoms with van der Waals surface area (Å²) in [6.45, 7) is 1.32. The summed E-state index contributed by atoms with van der Waals surface area (Å²) in [6.07, 6.45) is 0. The summed E-state index contributed by atoms with van der Waals surface area (Å²) in [7, 11) is 0. The van der Waals surface area contributed by atoms with Gasteiger partial charge in [0.15, 0.2) is 0 Å². The van der Waals surface area contributed by atoms with Crippen LogP contribution in [0.1, 0.15) is 6.92 Å². The van der Waals surface area contributed by atoms with E-state index in [9.17, 15) is 14.7 Å². The van der Waals surface area contributed by atoms with Crippen LogP contribution in [0, 0.1) is 0 Å². The molecule has 0 fully saturated rings. The minimum atomic E-state index is -1.02. The van der Waals surface area contributed by atoms with Crippen molar-refractivity contribution < 1.29 is 14.7 Å². The van der Waals surface area contributed by atoms with Gasteiger partial charge in [-0.3, -0.25) is 4.79 Å². The van der Waals surface area contributed by atoms with Crippen molar-refractivity contribution in [3.63, 3.8) is 0 Å². The van der Waals surface area contributed by atoms with E-state index < -0.39 is 12.0 Å². The van der Waals surface area contributed by atoms with Gasteiger partial charge in [-0.15, -0.1) is 11.8 Å². The number of nitrogens with one attached hydrogen (secondary N) is 1. The van der Waals surface area contributed by atoms with Crippen molar-refractivity contribution in [2.45, 2.75) is 17.9 Å². The summed E-state index contributed by atoms with van der Waals surface area (Å²) in [6, 6.07) is 17.5. The normalized spacial score (nSPS) is 12.2. The number of fused-ring (bicyclic) bond motifs is 2. The van der Waals surface area contributed by atoms with Gasteiger partial charge in [0.2, 0.25) is 5.91 Å². The summed E-state index contributed by atoms with van der Waals surface area (Å²) >= 11 is 1.44. The lowest BCUT2D eigenvalue weighted by Gasteiger charge is -2.14. The van der Waals surface area contributed by atoms with Crippen molar-refractivity contribution in [2.75, 3.05) is 5.75 Å². The SMILES string of the molecule is CC(=O)N[C@H](CSc1cccc2cc3ccccc3cc12)C(=O)O. The molecule has 0 saturated heterocycles. The molecule has 1 atom stereocenters. The molecule has 0 aliphatic heterocycles. The van der Waals surface area contributed by atoms with Crippen LogP contribution < -0.4 is 5.32 Å². The van der Waals surface area contributed by atoms with E-state index in [1.54, 1.807) is 0 Å². The summed E-state index contributed by atoms with van der Waals surface area (Å²) in [5.41, 5.74) is 0. The third kappa shape index (κ3) is 3.51. The maximum atomic E-state index is 11.3. The van der Waals surface area contributed by atoms with Gasteiger partial charge in [0, 0.05) is 17.6 Å². The van der Waals surface area contributed by atoms with Crippen LogP contribution in [0.25, 0.3) is 21.5 Å². The maximum Gasteiger partial charge on any atom is 0.327 e. The van der Waals surface area contributed by atoms with Crippen molar-refractivity contribution in [2.24, 2.45) is 0 Å². The van der Waals surface area contributed by atoms with E-state index in [1.165, 1.54) is 24.1 Å². The number of hydrogen-bond acceptors (Lipinski definition) is 3. The summed E-state index contributed by atoms with van der Waals surface area (Å²) in [4.78, 5) is 23.4. The molecule has 0 aliphatic carbocycles. The maximum absolute atomic E-state index is 11.3. The lowest BCUT2D eigenvalue weighted by Crippen LogP contribution is -2.41. The van der Waals surface area contributed by atoms with Crippen LogP contribution in [0.4, 0.5) is 0 Å². The molecule has 3 rings (SSSR count). The molecule has 0 heterocycles. The molecular weight excluding hydrogens is 322 g/mol. The summed E-state index contributed by atoms with van der Waals surface area (Å²) in [5.74, 6) is -1.09. The number of carboxylic acid groups (broad SMARTS) is 1. The average Bonchev–Trinajstić information content (AvgIpc) is 2.56. The Bertz CT molecular complexity index is 923. The van der Waals surface area contributed by atoms with E-state index in [-0.39, 0.29) is 11.7 Å². The number of rotatable bonds is 5. The van der Waals surface area contributed by atoms with E-state index in [0.717, 1.165) is 21.1 Å². The molecule has 0 aliphatic rings. The van der Waals surface area contributed by atoms with Crippen LogP contribution in [0.3, 0.4) is 0 Å². The fraction of sp³-hybridized carbons (Fsp3) is 0.158. The van der Waals surface area contributed by atoms with E-state index in [0.29, 0.717) is 0 Å². The van der Waals surface area contributed by atoms with Crippen LogP contribution in [0.15, 0.2) is 59.5 Å². The largest absolute Gasteiger partial charge is 0.480 e. The van der Waals surface area contributed by atoms with Gasteiger partial charge < -0.3 is 10.4 Å². The quantitative estimate of drug-likeness (QED) is 0.550. The number of thioether (sulfide) groups is 1. The van der Waals surface area contributed by atoms with Gasteiger partial charge >= 0.3 is 5.97 Å². The molecule has 5 heteroatoms. The zero-order chi connectivity index (χ0) is 17.1. The molecule has 122 valence electrons. The third-order valence-electron chi connectivity index (χ3n) is 3.79. The molecule has 0 spiro atoms. The highest BCUT2D eigenvalue weighted by molar-refractivity contribution is 7.99. The van der Waals surface area contributed by atoms with Crippen molar-refractivity contribution >= 4 is 45.2 Å². The minimum absolute atomic E-state index is 0.279. The van der Waals surface area contributed by atoms with Gasteiger partial charge in [0.1, 0.15) is 6.04 Å². The van der Waals surface area contributed by atoms with Gasteiger partial charge in [-0.1, -0.05) is 36.4 Å². The van der Waals surface area contributed by atoms with Crippen LogP contribution in [0.5, 0.6) is 0 Å². The Morgan fingerprint density at radius 2 is 1.71 bits per heavy atom. The van der Waals surface area contributed by atoms with Gasteiger partial charge in [0.05, 0.1) is 0 Å². The fourth-order valence-corrected chi connectivity index (χ4v) is 3.74. The number of carbonyl (C=O) groups is 2. The number of amides is 1. The number of carbonyl (C=O) groups excluding carboxylic acids is 1. The summed E-state index contributed by atoms with van der Waals surface area (Å²) in [5, 5.41) is 16.2. The van der Waals surface area contributed by atoms with E-state index in [4.69, 9.17) is 0 Å². The van der Waals surface area contributed by atoms with E-state index in [2.05, 4.69) is 29.6 Å². The standard InChI is InChI=1S/C19H17NO3S/c1-12(21)20-17(19(22)23)11-24-18-8-4-7-15-9-13-5-2-3-6-14(13)10-16(15)18/h2-10,17H,11H2,1H3,(H,20,21)(H,22,23)/t17-/m1/s1. The molecule has 1 amide bonds. The van der Waals surface area contributed by atoms with Gasteiger partial charge in [-0.25, -0.2) is 4.79 Å². The van der Waals surface area contributed by atoms with Crippen molar-refractivity contribution in [1.82, 2.24) is 5.32 Å². The number of aliphatic carboxylic acids is 1. The van der Waals surface area contributed by atoms with Crippen LogP contribution >= 0.6 is 11.8 Å². The highest BCUT2D eigenvalue weighted by atomic mass is 32.2. The molecule has 0 unspecified atom stereocenters. The fourth-order valence-electron chi connectivity index (χ4n) is 2.66. The zero-order valence-corrected chi connectivity index (χ0v) is 14.0. The smallest absolute Gasteiger partial charge is 0.327 e. The monoisotopic (exact) mass is 339 g/mol. The molecule has 0 saturated carbocycles. The highest BCUT2D eigenvalue weighted by Crippen LogP contribution is 2.31. The average molecular weight is 339 g/mol. The Hall–Kier alpha value is -2.53. The van der Waals surface area contributed by atoms with E-state index >= 15 is 0 Å². The lowest BCUT2D eigenvalue weighted by atomic mass is 10.0. The molecule has 0 bridgehead atoms. The Morgan fingerprint density at radius 1 is 1.04 bits per heavy atom. The topological polar surface area (TPSA) is 66.4 Å². The van der Waals surface area contributed by atoms with Crippen LogP contribution in [0.2, 0.25) is 0 Å². The van der Waals surface area contributed by atoms with Crippen molar-refractivity contribution in [1.29, 1.82) is 0 Å².